The molecule has 5 rings (SSSR count). The average Bonchev–Trinajstić information content (AvgIpc) is 3.49. The molecule has 2 aliphatic rings. The third-order valence-electron chi connectivity index (χ3n) is 6.41. The molecule has 154 valence electrons. The van der Waals surface area contributed by atoms with Crippen molar-refractivity contribution in [1.29, 1.82) is 0 Å². The molecule has 1 aromatic carbocycles. The van der Waals surface area contributed by atoms with E-state index in [4.69, 9.17) is 9.72 Å². The van der Waals surface area contributed by atoms with Crippen LogP contribution in [0.3, 0.4) is 0 Å². The van der Waals surface area contributed by atoms with Crippen LogP contribution in [-0.4, -0.2) is 47.5 Å². The number of nitrogens with one attached hydrogen (secondary N) is 1. The zero-order chi connectivity index (χ0) is 20.7. The first-order valence-electron chi connectivity index (χ1n) is 10.4. The van der Waals surface area contributed by atoms with Crippen molar-refractivity contribution < 1.29 is 9.53 Å². The topological polar surface area (TPSA) is 61.5 Å². The van der Waals surface area contributed by atoms with Gasteiger partial charge in [-0.1, -0.05) is 18.2 Å². The van der Waals surface area contributed by atoms with Crippen LogP contribution in [0.2, 0.25) is 0 Å². The lowest BCUT2D eigenvalue weighted by Crippen LogP contribution is -2.36. The van der Waals surface area contributed by atoms with E-state index in [2.05, 4.69) is 34.1 Å². The number of aromatic nitrogens is 2. The number of fused-ring (bicyclic) bond motifs is 1. The molecule has 0 spiro atoms. The van der Waals surface area contributed by atoms with E-state index in [1.54, 1.807) is 13.3 Å². The first-order valence-corrected chi connectivity index (χ1v) is 10.4. The average molecular weight is 402 g/mol. The number of hydrogen-bond acceptors (Lipinski definition) is 4. The molecule has 3 aromatic rings. The van der Waals surface area contributed by atoms with Crippen molar-refractivity contribution in [2.75, 3.05) is 31.6 Å². The molecular weight excluding hydrogens is 376 g/mol. The molecule has 30 heavy (non-hydrogen) atoms. The zero-order valence-corrected chi connectivity index (χ0v) is 17.3. The Balaban J connectivity index is 1.47. The number of amides is 1. The van der Waals surface area contributed by atoms with Gasteiger partial charge in [0.1, 0.15) is 17.3 Å². The van der Waals surface area contributed by atoms with E-state index in [1.807, 2.05) is 42.2 Å². The lowest BCUT2D eigenvalue weighted by Gasteiger charge is -2.30. The summed E-state index contributed by atoms with van der Waals surface area (Å²) in [5, 5.41) is 0. The summed E-state index contributed by atoms with van der Waals surface area (Å²) in [6, 6.07) is 18.1. The molecule has 0 saturated carbocycles. The minimum atomic E-state index is 0.0338. The Kier molecular flexibility index (Phi) is 4.69. The van der Waals surface area contributed by atoms with Crippen LogP contribution >= 0.6 is 0 Å². The van der Waals surface area contributed by atoms with E-state index < -0.39 is 0 Å². The Morgan fingerprint density at radius 1 is 1.07 bits per heavy atom. The van der Waals surface area contributed by atoms with Crippen molar-refractivity contribution in [2.24, 2.45) is 11.8 Å². The number of benzene rings is 1. The van der Waals surface area contributed by atoms with Crippen molar-refractivity contribution in [1.82, 2.24) is 14.9 Å². The van der Waals surface area contributed by atoms with Gasteiger partial charge in [0.05, 0.1) is 13.2 Å². The standard InChI is InChI=1S/C24H26N4O2/c1-16-5-3-7-22(26-16)27-13-18-14-28(24(29)21-6-4-12-25-21)23(20(18)15-27)17-8-10-19(30-2)11-9-17/h3-12,18,20,23,25H,13-15H2,1-2H3/t18-,20-,23-/m0/s1. The maximum atomic E-state index is 13.3. The highest BCUT2D eigenvalue weighted by Crippen LogP contribution is 2.46. The molecule has 1 N–H and O–H groups in total. The molecule has 2 saturated heterocycles. The fourth-order valence-corrected chi connectivity index (χ4v) is 4.99. The first kappa shape index (κ1) is 18.7. The maximum Gasteiger partial charge on any atom is 0.270 e. The van der Waals surface area contributed by atoms with Crippen LogP contribution in [0.25, 0.3) is 0 Å². The number of rotatable bonds is 4. The molecule has 0 radical (unpaired) electrons. The molecular formula is C24H26N4O2. The smallest absolute Gasteiger partial charge is 0.270 e. The van der Waals surface area contributed by atoms with Crippen molar-refractivity contribution in [3.05, 3.63) is 77.7 Å². The van der Waals surface area contributed by atoms with Gasteiger partial charge in [-0.15, -0.1) is 0 Å². The second kappa shape index (κ2) is 7.52. The Morgan fingerprint density at radius 3 is 2.60 bits per heavy atom. The highest BCUT2D eigenvalue weighted by Gasteiger charge is 2.49. The van der Waals surface area contributed by atoms with E-state index in [0.29, 0.717) is 17.5 Å². The fourth-order valence-electron chi connectivity index (χ4n) is 4.99. The van der Waals surface area contributed by atoms with Crippen molar-refractivity contribution >= 4 is 11.7 Å². The summed E-state index contributed by atoms with van der Waals surface area (Å²) in [4.78, 5) is 25.5. The van der Waals surface area contributed by atoms with Gasteiger partial charge in [-0.2, -0.15) is 0 Å². The molecule has 2 aromatic heterocycles. The van der Waals surface area contributed by atoms with E-state index >= 15 is 0 Å². The second-order valence-electron chi connectivity index (χ2n) is 8.23. The van der Waals surface area contributed by atoms with E-state index in [0.717, 1.165) is 42.5 Å². The van der Waals surface area contributed by atoms with Gasteiger partial charge in [0.2, 0.25) is 0 Å². The van der Waals surface area contributed by atoms with Gasteiger partial charge in [0.15, 0.2) is 0 Å². The Hall–Kier alpha value is -3.28. The number of ether oxygens (including phenoxy) is 1. The van der Waals surface area contributed by atoms with Gasteiger partial charge < -0.3 is 19.5 Å². The predicted molar refractivity (Wildman–Crippen MR) is 116 cm³/mol. The Morgan fingerprint density at radius 2 is 1.90 bits per heavy atom. The van der Waals surface area contributed by atoms with Crippen LogP contribution in [0.1, 0.15) is 27.8 Å². The lowest BCUT2D eigenvalue weighted by atomic mass is 9.89. The summed E-state index contributed by atoms with van der Waals surface area (Å²) in [7, 11) is 1.67. The molecule has 0 unspecified atom stereocenters. The monoisotopic (exact) mass is 402 g/mol. The summed E-state index contributed by atoms with van der Waals surface area (Å²) in [6.45, 7) is 4.59. The molecule has 0 aliphatic carbocycles. The van der Waals surface area contributed by atoms with E-state index in [9.17, 15) is 4.79 Å². The van der Waals surface area contributed by atoms with Crippen LogP contribution in [0, 0.1) is 18.8 Å². The number of aryl methyl sites for hydroxylation is 1. The number of aromatic amines is 1. The van der Waals surface area contributed by atoms with Gasteiger partial charge >= 0.3 is 0 Å². The highest BCUT2D eigenvalue weighted by molar-refractivity contribution is 5.93. The summed E-state index contributed by atoms with van der Waals surface area (Å²) < 4.78 is 5.34. The largest absolute Gasteiger partial charge is 0.497 e. The molecule has 4 heterocycles. The van der Waals surface area contributed by atoms with Crippen molar-refractivity contribution in [2.45, 2.75) is 13.0 Å². The van der Waals surface area contributed by atoms with Crippen LogP contribution in [0.5, 0.6) is 5.75 Å². The number of likely N-dealkylation sites (tertiary alicyclic amines) is 1. The number of H-pyrrole nitrogens is 1. The van der Waals surface area contributed by atoms with E-state index in [-0.39, 0.29) is 11.9 Å². The van der Waals surface area contributed by atoms with Gasteiger partial charge in [0, 0.05) is 43.4 Å². The Bertz CT molecular complexity index is 1030. The molecule has 2 aliphatic heterocycles. The highest BCUT2D eigenvalue weighted by atomic mass is 16.5. The third kappa shape index (κ3) is 3.22. The molecule has 3 atom stereocenters. The van der Waals surface area contributed by atoms with Crippen LogP contribution in [0.15, 0.2) is 60.8 Å². The van der Waals surface area contributed by atoms with Crippen LogP contribution in [-0.2, 0) is 0 Å². The number of carbonyl (C=O) groups excluding carboxylic acids is 1. The molecule has 6 heteroatoms. The summed E-state index contributed by atoms with van der Waals surface area (Å²) in [6.07, 6.45) is 1.80. The number of carbonyl (C=O) groups is 1. The van der Waals surface area contributed by atoms with Crippen LogP contribution in [0.4, 0.5) is 5.82 Å². The minimum Gasteiger partial charge on any atom is -0.497 e. The number of pyridine rings is 1. The quantitative estimate of drug-likeness (QED) is 0.723. The van der Waals surface area contributed by atoms with Crippen LogP contribution < -0.4 is 9.64 Å². The number of nitrogens with zero attached hydrogens (tertiary/aromatic N) is 3. The molecule has 1 amide bonds. The van der Waals surface area contributed by atoms with Gasteiger partial charge in [-0.25, -0.2) is 4.98 Å². The predicted octanol–water partition coefficient (Wildman–Crippen LogP) is 3.68. The normalized spacial score (nSPS) is 22.9. The molecule has 6 nitrogen and oxygen atoms in total. The van der Waals surface area contributed by atoms with E-state index in [1.165, 1.54) is 0 Å². The van der Waals surface area contributed by atoms with Gasteiger partial charge in [0.25, 0.3) is 5.91 Å². The SMILES string of the molecule is COc1ccc([C@H]2[C@H]3CN(c4cccc(C)n4)C[C@H]3CN2C(=O)c2ccc[nH]2)cc1. The zero-order valence-electron chi connectivity index (χ0n) is 17.3. The summed E-state index contributed by atoms with van der Waals surface area (Å²) in [5.74, 6) is 2.70. The number of methoxy groups -OCH3 is 1. The van der Waals surface area contributed by atoms with Crippen molar-refractivity contribution in [3.8, 4) is 5.75 Å². The lowest BCUT2D eigenvalue weighted by molar-refractivity contribution is 0.0710. The maximum absolute atomic E-state index is 13.3. The van der Waals surface area contributed by atoms with Gasteiger partial charge in [-0.3, -0.25) is 4.79 Å². The summed E-state index contributed by atoms with van der Waals surface area (Å²) >= 11 is 0. The fraction of sp³-hybridized carbons (Fsp3) is 0.333. The third-order valence-corrected chi connectivity index (χ3v) is 6.41. The summed E-state index contributed by atoms with van der Waals surface area (Å²) in [5.41, 5.74) is 2.83. The first-order chi connectivity index (χ1) is 14.6. The van der Waals surface area contributed by atoms with Gasteiger partial charge in [-0.05, 0) is 48.9 Å². The molecule has 0 bridgehead atoms. The Labute approximate surface area is 176 Å². The minimum absolute atomic E-state index is 0.0338. The number of anilines is 1. The second-order valence-corrected chi connectivity index (χ2v) is 8.23. The van der Waals surface area contributed by atoms with Crippen molar-refractivity contribution in [3.63, 3.8) is 0 Å². The number of hydrogen-bond donors (Lipinski definition) is 1. The molecule has 2 fully saturated rings.